The molecule has 0 aromatic carbocycles. The number of rotatable bonds is 5. The van der Waals surface area contributed by atoms with Gasteiger partial charge in [0.15, 0.2) is 0 Å². The van der Waals surface area contributed by atoms with Crippen molar-refractivity contribution in [3.63, 3.8) is 0 Å². The molecular weight excluding hydrogens is 169 g/mol. The van der Waals surface area contributed by atoms with E-state index >= 15 is 0 Å². The molecule has 0 heterocycles. The minimum absolute atomic E-state index is 0.479. The lowest BCUT2D eigenvalue weighted by Crippen LogP contribution is -2.38. The fraction of sp³-hybridized carbons (Fsp3) is 1.00. The molecule has 0 saturated heterocycles. The summed E-state index contributed by atoms with van der Waals surface area (Å²) in [6.07, 6.45) is -2.83. The highest BCUT2D eigenvalue weighted by Crippen LogP contribution is 2.23. The van der Waals surface area contributed by atoms with Gasteiger partial charge >= 0.3 is 6.18 Å². The van der Waals surface area contributed by atoms with Gasteiger partial charge in [-0.05, 0) is 6.42 Å². The van der Waals surface area contributed by atoms with Crippen molar-refractivity contribution in [3.05, 3.63) is 0 Å². The summed E-state index contributed by atoms with van der Waals surface area (Å²) in [6.45, 7) is 1.93. The molecule has 74 valence electrons. The number of halogens is 3. The lowest BCUT2D eigenvalue weighted by atomic mass is 10.1. The van der Waals surface area contributed by atoms with Crippen molar-refractivity contribution in [2.45, 2.75) is 44.8 Å². The molecule has 1 unspecified atom stereocenters. The molecule has 0 fully saturated rings. The lowest BCUT2D eigenvalue weighted by Gasteiger charge is -2.16. The van der Waals surface area contributed by atoms with Gasteiger partial charge in [-0.15, -0.1) is 0 Å². The lowest BCUT2D eigenvalue weighted by molar-refractivity contribution is -0.140. The molecule has 12 heavy (non-hydrogen) atoms. The maximum Gasteiger partial charge on any atom is 0.390 e. The first-order valence-corrected chi connectivity index (χ1v) is 4.02. The molecule has 0 amide bonds. The van der Waals surface area contributed by atoms with Gasteiger partial charge in [0.1, 0.15) is 0 Å². The predicted octanol–water partition coefficient (Wildman–Crippen LogP) is 1.96. The van der Waals surface area contributed by atoms with Crippen molar-refractivity contribution >= 4 is 0 Å². The minimum Gasteiger partial charge on any atom is -0.271 e. The van der Waals surface area contributed by atoms with E-state index in [0.29, 0.717) is 6.42 Å². The van der Waals surface area contributed by atoms with Crippen LogP contribution in [0.2, 0.25) is 0 Å². The Morgan fingerprint density at radius 2 is 2.00 bits per heavy atom. The molecule has 0 aromatic heterocycles. The first-order chi connectivity index (χ1) is 5.49. The van der Waals surface area contributed by atoms with Crippen LogP contribution < -0.4 is 11.3 Å². The Labute approximate surface area is 70.3 Å². The fourth-order valence-electron chi connectivity index (χ4n) is 0.974. The third-order valence-electron chi connectivity index (χ3n) is 1.62. The van der Waals surface area contributed by atoms with E-state index in [9.17, 15) is 13.2 Å². The monoisotopic (exact) mass is 184 g/mol. The average Bonchev–Trinajstić information content (AvgIpc) is 1.95. The normalized spacial score (nSPS) is 14.8. The van der Waals surface area contributed by atoms with Crippen LogP contribution in [0, 0.1) is 0 Å². The second-order valence-corrected chi connectivity index (χ2v) is 2.83. The van der Waals surface area contributed by atoms with Gasteiger partial charge in [-0.1, -0.05) is 19.8 Å². The van der Waals surface area contributed by atoms with E-state index in [-0.39, 0.29) is 0 Å². The van der Waals surface area contributed by atoms with Crippen LogP contribution >= 0.6 is 0 Å². The summed E-state index contributed by atoms with van der Waals surface area (Å²) in [5, 5.41) is 0. The van der Waals surface area contributed by atoms with Crippen molar-refractivity contribution < 1.29 is 13.2 Å². The summed E-state index contributed by atoms with van der Waals surface area (Å²) < 4.78 is 35.5. The number of hydrazine groups is 1. The predicted molar refractivity (Wildman–Crippen MR) is 41.3 cm³/mol. The summed E-state index contributed by atoms with van der Waals surface area (Å²) in [7, 11) is 0. The Morgan fingerprint density at radius 1 is 1.42 bits per heavy atom. The van der Waals surface area contributed by atoms with Gasteiger partial charge in [0.2, 0.25) is 0 Å². The van der Waals surface area contributed by atoms with Crippen LogP contribution in [0.5, 0.6) is 0 Å². The van der Waals surface area contributed by atoms with E-state index in [1.54, 1.807) is 0 Å². The zero-order chi connectivity index (χ0) is 9.61. The van der Waals surface area contributed by atoms with Crippen molar-refractivity contribution in [2.24, 2.45) is 5.84 Å². The molecule has 0 spiro atoms. The second kappa shape index (κ2) is 5.37. The number of hydrogen-bond acceptors (Lipinski definition) is 2. The van der Waals surface area contributed by atoms with Crippen LogP contribution in [0.15, 0.2) is 0 Å². The standard InChI is InChI=1S/C7H15F3N2/c1-2-3-4-6(12-11)5-7(8,9)10/h6,12H,2-5,11H2,1H3. The first-order valence-electron chi connectivity index (χ1n) is 4.02. The topological polar surface area (TPSA) is 38.0 Å². The molecule has 0 aliphatic carbocycles. The molecule has 0 rings (SSSR count). The van der Waals surface area contributed by atoms with Crippen LogP contribution in [0.3, 0.4) is 0 Å². The second-order valence-electron chi connectivity index (χ2n) is 2.83. The van der Waals surface area contributed by atoms with Crippen molar-refractivity contribution in [1.82, 2.24) is 5.43 Å². The van der Waals surface area contributed by atoms with Crippen LogP contribution in [0.25, 0.3) is 0 Å². The quantitative estimate of drug-likeness (QED) is 0.506. The first kappa shape index (κ1) is 11.7. The average molecular weight is 184 g/mol. The highest BCUT2D eigenvalue weighted by atomic mass is 19.4. The van der Waals surface area contributed by atoms with Crippen molar-refractivity contribution in [2.75, 3.05) is 0 Å². The van der Waals surface area contributed by atoms with Gasteiger partial charge in [0.05, 0.1) is 6.42 Å². The van der Waals surface area contributed by atoms with Gasteiger partial charge in [0, 0.05) is 6.04 Å². The van der Waals surface area contributed by atoms with Crippen LogP contribution in [0.4, 0.5) is 13.2 Å². The molecule has 0 aromatic rings. The Balaban J connectivity index is 3.67. The minimum atomic E-state index is -4.12. The molecule has 0 aliphatic rings. The Bertz CT molecular complexity index is 114. The number of nitrogens with one attached hydrogen (secondary N) is 1. The third kappa shape index (κ3) is 6.42. The summed E-state index contributed by atoms with van der Waals surface area (Å²) in [5.74, 6) is 4.97. The smallest absolute Gasteiger partial charge is 0.271 e. The maximum absolute atomic E-state index is 11.8. The Hall–Kier alpha value is -0.290. The van der Waals surface area contributed by atoms with Crippen LogP contribution in [0.1, 0.15) is 32.6 Å². The number of nitrogens with two attached hydrogens (primary N) is 1. The number of hydrogen-bond donors (Lipinski definition) is 2. The Kier molecular flexibility index (Phi) is 5.24. The third-order valence-corrected chi connectivity index (χ3v) is 1.62. The van der Waals surface area contributed by atoms with Crippen LogP contribution in [-0.2, 0) is 0 Å². The maximum atomic E-state index is 11.8. The molecular formula is C7H15F3N2. The molecule has 0 aliphatic heterocycles. The van der Waals surface area contributed by atoms with E-state index in [4.69, 9.17) is 5.84 Å². The van der Waals surface area contributed by atoms with Gasteiger partial charge in [0.25, 0.3) is 0 Å². The molecule has 3 N–H and O–H groups in total. The highest BCUT2D eigenvalue weighted by molar-refractivity contribution is 4.67. The Morgan fingerprint density at radius 3 is 2.33 bits per heavy atom. The van der Waals surface area contributed by atoms with Gasteiger partial charge in [-0.25, -0.2) is 0 Å². The van der Waals surface area contributed by atoms with Crippen molar-refractivity contribution in [1.29, 1.82) is 0 Å². The largest absolute Gasteiger partial charge is 0.390 e. The van der Waals surface area contributed by atoms with Crippen LogP contribution in [-0.4, -0.2) is 12.2 Å². The SMILES string of the molecule is CCCCC(CC(F)(F)F)NN. The van der Waals surface area contributed by atoms with E-state index in [1.165, 1.54) is 0 Å². The molecule has 0 saturated carbocycles. The zero-order valence-electron chi connectivity index (χ0n) is 7.12. The highest BCUT2D eigenvalue weighted by Gasteiger charge is 2.30. The number of alkyl halides is 3. The summed E-state index contributed by atoms with van der Waals surface area (Å²) in [5.41, 5.74) is 2.17. The number of unbranched alkanes of at least 4 members (excludes halogenated alkanes) is 1. The van der Waals surface area contributed by atoms with E-state index in [2.05, 4.69) is 5.43 Å². The molecule has 1 atom stereocenters. The summed E-state index contributed by atoms with van der Waals surface area (Å²) in [6, 6.07) is -0.634. The fourth-order valence-corrected chi connectivity index (χ4v) is 0.974. The van der Waals surface area contributed by atoms with E-state index in [0.717, 1.165) is 12.8 Å². The van der Waals surface area contributed by atoms with Gasteiger partial charge in [-0.3, -0.25) is 11.3 Å². The van der Waals surface area contributed by atoms with Crippen molar-refractivity contribution in [3.8, 4) is 0 Å². The summed E-state index contributed by atoms with van der Waals surface area (Å²) >= 11 is 0. The van der Waals surface area contributed by atoms with E-state index < -0.39 is 18.6 Å². The zero-order valence-corrected chi connectivity index (χ0v) is 7.12. The molecule has 5 heteroatoms. The van der Waals surface area contributed by atoms with Gasteiger partial charge in [-0.2, -0.15) is 13.2 Å². The van der Waals surface area contributed by atoms with Gasteiger partial charge < -0.3 is 0 Å². The molecule has 0 radical (unpaired) electrons. The molecule has 0 bridgehead atoms. The van der Waals surface area contributed by atoms with E-state index in [1.807, 2.05) is 6.92 Å². The summed E-state index contributed by atoms with van der Waals surface area (Å²) in [4.78, 5) is 0. The molecule has 2 nitrogen and oxygen atoms in total.